The number of likely N-dealkylation sites (N-methyl/N-ethyl adjacent to an activating group) is 1. The summed E-state index contributed by atoms with van der Waals surface area (Å²) in [6.45, 7) is 8.39. The second kappa shape index (κ2) is 9.45. The molecule has 2 aromatic rings. The molecule has 1 saturated heterocycles. The number of nitrogens with zero attached hydrogens (tertiary/aromatic N) is 5. The SMILES string of the molecule is Cc1nc(NCCN2CCOCC2)cc(N(C)CCc2ccncc2)n1. The standard InChI is InChI=1S/C19H28N6O/c1-16-22-18(21-8-10-25-11-13-26-14-12-25)15-19(23-16)24(2)9-5-17-3-6-20-7-4-17/h3-4,6-7,15H,5,8-14H2,1-2H3,(H,21,22,23). The Morgan fingerprint density at radius 3 is 2.73 bits per heavy atom. The van der Waals surface area contributed by atoms with Crippen LogP contribution in [-0.4, -0.2) is 72.8 Å². The van der Waals surface area contributed by atoms with E-state index in [1.165, 1.54) is 5.56 Å². The van der Waals surface area contributed by atoms with Crippen LogP contribution in [-0.2, 0) is 11.2 Å². The summed E-state index contributed by atoms with van der Waals surface area (Å²) in [5.74, 6) is 2.61. The lowest BCUT2D eigenvalue weighted by atomic mass is 10.2. The van der Waals surface area contributed by atoms with E-state index < -0.39 is 0 Å². The lowest BCUT2D eigenvalue weighted by Crippen LogP contribution is -2.39. The molecule has 2 aromatic heterocycles. The average molecular weight is 356 g/mol. The van der Waals surface area contributed by atoms with E-state index in [0.29, 0.717) is 0 Å². The number of rotatable bonds is 8. The number of aryl methyl sites for hydroxylation is 1. The van der Waals surface area contributed by atoms with E-state index in [-0.39, 0.29) is 0 Å². The molecule has 0 unspecified atom stereocenters. The van der Waals surface area contributed by atoms with Gasteiger partial charge in [0.2, 0.25) is 0 Å². The van der Waals surface area contributed by atoms with Gasteiger partial charge in [-0.25, -0.2) is 9.97 Å². The Balaban J connectivity index is 1.52. The quantitative estimate of drug-likeness (QED) is 0.771. The third-order valence-electron chi connectivity index (χ3n) is 4.54. The van der Waals surface area contributed by atoms with Crippen molar-refractivity contribution in [1.29, 1.82) is 0 Å². The van der Waals surface area contributed by atoms with E-state index in [9.17, 15) is 0 Å². The van der Waals surface area contributed by atoms with Gasteiger partial charge in [0.15, 0.2) is 0 Å². The van der Waals surface area contributed by atoms with Crippen molar-refractivity contribution in [2.45, 2.75) is 13.3 Å². The van der Waals surface area contributed by atoms with Crippen LogP contribution in [0.2, 0.25) is 0 Å². The second-order valence-corrected chi connectivity index (χ2v) is 6.57. The maximum absolute atomic E-state index is 5.39. The van der Waals surface area contributed by atoms with Gasteiger partial charge in [-0.05, 0) is 31.0 Å². The van der Waals surface area contributed by atoms with Crippen molar-refractivity contribution in [2.24, 2.45) is 0 Å². The van der Waals surface area contributed by atoms with Crippen LogP contribution in [0.5, 0.6) is 0 Å². The molecule has 3 rings (SSSR count). The molecule has 140 valence electrons. The summed E-state index contributed by atoms with van der Waals surface area (Å²) < 4.78 is 5.39. The number of nitrogens with one attached hydrogen (secondary N) is 1. The second-order valence-electron chi connectivity index (χ2n) is 6.57. The number of ether oxygens (including phenoxy) is 1. The van der Waals surface area contributed by atoms with Gasteiger partial charge in [0.25, 0.3) is 0 Å². The molecule has 7 heteroatoms. The zero-order valence-corrected chi connectivity index (χ0v) is 15.7. The van der Waals surface area contributed by atoms with E-state index in [1.54, 1.807) is 0 Å². The number of anilines is 2. The van der Waals surface area contributed by atoms with Crippen LogP contribution in [0.15, 0.2) is 30.6 Å². The topological polar surface area (TPSA) is 66.4 Å². The van der Waals surface area contributed by atoms with Crippen molar-refractivity contribution in [1.82, 2.24) is 19.9 Å². The minimum Gasteiger partial charge on any atom is -0.379 e. The zero-order chi connectivity index (χ0) is 18.2. The van der Waals surface area contributed by atoms with Gasteiger partial charge in [0.05, 0.1) is 13.2 Å². The lowest BCUT2D eigenvalue weighted by Gasteiger charge is -2.26. The van der Waals surface area contributed by atoms with Crippen LogP contribution < -0.4 is 10.2 Å². The fraction of sp³-hybridized carbons (Fsp3) is 0.526. The molecule has 0 saturated carbocycles. The van der Waals surface area contributed by atoms with Crippen molar-refractivity contribution < 1.29 is 4.74 Å². The predicted octanol–water partition coefficient (Wildman–Crippen LogP) is 1.60. The van der Waals surface area contributed by atoms with Crippen LogP contribution in [0.4, 0.5) is 11.6 Å². The van der Waals surface area contributed by atoms with Crippen LogP contribution in [0, 0.1) is 6.92 Å². The number of hydrogen-bond acceptors (Lipinski definition) is 7. The number of pyridine rings is 1. The van der Waals surface area contributed by atoms with E-state index >= 15 is 0 Å². The molecule has 1 aliphatic rings. The number of hydrogen-bond donors (Lipinski definition) is 1. The largest absolute Gasteiger partial charge is 0.379 e. The van der Waals surface area contributed by atoms with Gasteiger partial charge < -0.3 is 15.0 Å². The highest BCUT2D eigenvalue weighted by Gasteiger charge is 2.10. The summed E-state index contributed by atoms with van der Waals surface area (Å²) in [5, 5.41) is 3.43. The lowest BCUT2D eigenvalue weighted by molar-refractivity contribution is 0.0398. The first-order chi connectivity index (χ1) is 12.7. The van der Waals surface area contributed by atoms with E-state index in [4.69, 9.17) is 4.74 Å². The first-order valence-electron chi connectivity index (χ1n) is 9.20. The molecule has 0 aromatic carbocycles. The van der Waals surface area contributed by atoms with Crippen molar-refractivity contribution in [3.05, 3.63) is 42.0 Å². The fourth-order valence-electron chi connectivity index (χ4n) is 2.97. The molecule has 0 amide bonds. The summed E-state index contributed by atoms with van der Waals surface area (Å²) in [7, 11) is 2.07. The Bertz CT molecular complexity index is 675. The molecule has 0 radical (unpaired) electrons. The van der Waals surface area contributed by atoms with Crippen LogP contribution in [0.3, 0.4) is 0 Å². The monoisotopic (exact) mass is 356 g/mol. The number of aromatic nitrogens is 3. The molecule has 1 fully saturated rings. The highest BCUT2D eigenvalue weighted by atomic mass is 16.5. The summed E-state index contributed by atoms with van der Waals surface area (Å²) in [6, 6.07) is 6.13. The van der Waals surface area contributed by atoms with Crippen molar-refractivity contribution in [3.63, 3.8) is 0 Å². The molecule has 7 nitrogen and oxygen atoms in total. The van der Waals surface area contributed by atoms with E-state index in [0.717, 1.165) is 69.8 Å². The van der Waals surface area contributed by atoms with Crippen LogP contribution in [0.1, 0.15) is 11.4 Å². The molecule has 0 aliphatic carbocycles. The minimum atomic E-state index is 0.784. The van der Waals surface area contributed by atoms with E-state index in [1.807, 2.05) is 25.4 Å². The summed E-state index contributed by atoms with van der Waals surface area (Å²) in [4.78, 5) is 17.7. The fourth-order valence-corrected chi connectivity index (χ4v) is 2.97. The Hall–Kier alpha value is -2.25. The molecule has 26 heavy (non-hydrogen) atoms. The summed E-state index contributed by atoms with van der Waals surface area (Å²) in [5.41, 5.74) is 1.28. The first-order valence-corrected chi connectivity index (χ1v) is 9.20. The third-order valence-corrected chi connectivity index (χ3v) is 4.54. The van der Waals surface area contributed by atoms with Gasteiger partial charge in [-0.2, -0.15) is 0 Å². The van der Waals surface area contributed by atoms with Gasteiger partial charge in [-0.15, -0.1) is 0 Å². The smallest absolute Gasteiger partial charge is 0.134 e. The minimum absolute atomic E-state index is 0.784. The molecular formula is C19H28N6O. The van der Waals surface area contributed by atoms with Gasteiger partial charge in [-0.1, -0.05) is 0 Å². The molecule has 1 N–H and O–H groups in total. The van der Waals surface area contributed by atoms with Gasteiger partial charge in [-0.3, -0.25) is 9.88 Å². The molecular weight excluding hydrogens is 328 g/mol. The average Bonchev–Trinajstić information content (AvgIpc) is 2.67. The van der Waals surface area contributed by atoms with Crippen molar-refractivity contribution in [2.75, 3.05) is 63.2 Å². The molecule has 3 heterocycles. The zero-order valence-electron chi connectivity index (χ0n) is 15.7. The summed E-state index contributed by atoms with van der Waals surface area (Å²) >= 11 is 0. The Kier molecular flexibility index (Phi) is 6.74. The number of morpholine rings is 1. The van der Waals surface area contributed by atoms with Crippen molar-refractivity contribution >= 4 is 11.6 Å². The Morgan fingerprint density at radius 1 is 1.19 bits per heavy atom. The first kappa shape index (κ1) is 18.5. The molecule has 0 spiro atoms. The van der Waals surface area contributed by atoms with Gasteiger partial charge >= 0.3 is 0 Å². The molecule has 1 aliphatic heterocycles. The Labute approximate surface area is 155 Å². The Morgan fingerprint density at radius 2 is 1.96 bits per heavy atom. The van der Waals surface area contributed by atoms with Crippen LogP contribution in [0.25, 0.3) is 0 Å². The summed E-state index contributed by atoms with van der Waals surface area (Å²) in [6.07, 6.45) is 4.63. The maximum Gasteiger partial charge on any atom is 0.134 e. The van der Waals surface area contributed by atoms with Crippen molar-refractivity contribution in [3.8, 4) is 0 Å². The molecule has 0 atom stereocenters. The maximum atomic E-state index is 5.39. The third kappa shape index (κ3) is 5.64. The normalized spacial score (nSPS) is 15.0. The highest BCUT2D eigenvalue weighted by molar-refractivity contribution is 5.49. The molecule has 0 bridgehead atoms. The predicted molar refractivity (Wildman–Crippen MR) is 104 cm³/mol. The highest BCUT2D eigenvalue weighted by Crippen LogP contribution is 2.15. The van der Waals surface area contributed by atoms with E-state index in [2.05, 4.69) is 49.2 Å². The van der Waals surface area contributed by atoms with Crippen LogP contribution >= 0.6 is 0 Å². The van der Waals surface area contributed by atoms with Gasteiger partial charge in [0.1, 0.15) is 17.5 Å². The van der Waals surface area contributed by atoms with Gasteiger partial charge in [0, 0.05) is 58.2 Å².